The maximum atomic E-state index is 2.62. The van der Waals surface area contributed by atoms with Crippen LogP contribution in [0.2, 0.25) is 0 Å². The van der Waals surface area contributed by atoms with Crippen LogP contribution in [-0.2, 0) is 0 Å². The monoisotopic (exact) mass is 197 g/mol. The van der Waals surface area contributed by atoms with Crippen LogP contribution in [0.4, 0.5) is 0 Å². The average molecular weight is 197 g/mol. The van der Waals surface area contributed by atoms with E-state index in [2.05, 4.69) is 32.6 Å². The standard InChI is InChI=1S/C13H27N/c1-5-6-12(4)13-7-9-14(10-8-13)11(2)3/h11-13H,5-10H2,1-4H3. The molecular formula is C13H27N. The lowest BCUT2D eigenvalue weighted by Crippen LogP contribution is -2.39. The van der Waals surface area contributed by atoms with Crippen molar-refractivity contribution in [3.05, 3.63) is 0 Å². The van der Waals surface area contributed by atoms with Gasteiger partial charge in [-0.05, 0) is 51.6 Å². The van der Waals surface area contributed by atoms with Crippen LogP contribution < -0.4 is 0 Å². The second-order valence-electron chi connectivity index (χ2n) is 5.23. The van der Waals surface area contributed by atoms with Crippen LogP contribution in [0, 0.1) is 11.8 Å². The molecule has 0 saturated carbocycles. The van der Waals surface area contributed by atoms with Gasteiger partial charge in [-0.25, -0.2) is 0 Å². The molecule has 1 aliphatic heterocycles. The third kappa shape index (κ3) is 3.27. The molecule has 1 heteroatoms. The van der Waals surface area contributed by atoms with E-state index in [1.807, 2.05) is 0 Å². The third-order valence-corrected chi connectivity index (χ3v) is 3.85. The summed E-state index contributed by atoms with van der Waals surface area (Å²) in [5.41, 5.74) is 0. The Labute approximate surface area is 89.9 Å². The summed E-state index contributed by atoms with van der Waals surface area (Å²) >= 11 is 0. The molecule has 0 spiro atoms. The first-order valence-electron chi connectivity index (χ1n) is 6.39. The molecule has 1 unspecified atom stereocenters. The predicted molar refractivity (Wildman–Crippen MR) is 63.5 cm³/mol. The highest BCUT2D eigenvalue weighted by Crippen LogP contribution is 2.28. The van der Waals surface area contributed by atoms with E-state index in [-0.39, 0.29) is 0 Å². The predicted octanol–water partition coefficient (Wildman–Crippen LogP) is 3.54. The summed E-state index contributed by atoms with van der Waals surface area (Å²) in [5, 5.41) is 0. The molecule has 1 rings (SSSR count). The number of hydrogen-bond donors (Lipinski definition) is 0. The highest BCUT2D eigenvalue weighted by Gasteiger charge is 2.24. The van der Waals surface area contributed by atoms with Gasteiger partial charge in [-0.15, -0.1) is 0 Å². The molecular weight excluding hydrogens is 170 g/mol. The number of nitrogens with zero attached hydrogens (tertiary/aromatic N) is 1. The van der Waals surface area contributed by atoms with E-state index < -0.39 is 0 Å². The van der Waals surface area contributed by atoms with Crippen molar-refractivity contribution in [1.82, 2.24) is 4.90 Å². The summed E-state index contributed by atoms with van der Waals surface area (Å²) < 4.78 is 0. The molecule has 1 fully saturated rings. The number of likely N-dealkylation sites (tertiary alicyclic amines) is 1. The molecule has 0 aromatic carbocycles. The van der Waals surface area contributed by atoms with E-state index in [4.69, 9.17) is 0 Å². The fourth-order valence-electron chi connectivity index (χ4n) is 2.70. The molecule has 0 aliphatic carbocycles. The van der Waals surface area contributed by atoms with Gasteiger partial charge in [0.05, 0.1) is 0 Å². The zero-order valence-electron chi connectivity index (χ0n) is 10.4. The SMILES string of the molecule is CCCC(C)C1CCN(C(C)C)CC1. The minimum Gasteiger partial charge on any atom is -0.301 e. The Hall–Kier alpha value is -0.0400. The summed E-state index contributed by atoms with van der Waals surface area (Å²) in [5.74, 6) is 1.96. The van der Waals surface area contributed by atoms with E-state index >= 15 is 0 Å². The van der Waals surface area contributed by atoms with Gasteiger partial charge in [0, 0.05) is 6.04 Å². The topological polar surface area (TPSA) is 3.24 Å². The fourth-order valence-corrected chi connectivity index (χ4v) is 2.70. The molecule has 1 aliphatic rings. The van der Waals surface area contributed by atoms with Gasteiger partial charge in [0.2, 0.25) is 0 Å². The van der Waals surface area contributed by atoms with Crippen LogP contribution in [0.15, 0.2) is 0 Å². The van der Waals surface area contributed by atoms with Crippen molar-refractivity contribution in [3.8, 4) is 0 Å². The maximum Gasteiger partial charge on any atom is 0.00385 e. The molecule has 0 aromatic heterocycles. The molecule has 84 valence electrons. The van der Waals surface area contributed by atoms with Crippen molar-refractivity contribution in [2.24, 2.45) is 11.8 Å². The first-order chi connectivity index (χ1) is 6.65. The van der Waals surface area contributed by atoms with Gasteiger partial charge >= 0.3 is 0 Å². The third-order valence-electron chi connectivity index (χ3n) is 3.85. The number of piperidine rings is 1. The lowest BCUT2D eigenvalue weighted by atomic mass is 9.83. The average Bonchev–Trinajstić information content (AvgIpc) is 2.18. The number of rotatable bonds is 4. The summed E-state index contributed by atoms with van der Waals surface area (Å²) in [6.07, 6.45) is 5.64. The maximum absolute atomic E-state index is 2.62. The summed E-state index contributed by atoms with van der Waals surface area (Å²) in [4.78, 5) is 2.62. The first-order valence-corrected chi connectivity index (χ1v) is 6.39. The van der Waals surface area contributed by atoms with Crippen molar-refractivity contribution in [2.45, 2.75) is 59.4 Å². The van der Waals surface area contributed by atoms with Crippen molar-refractivity contribution >= 4 is 0 Å². The minimum absolute atomic E-state index is 0.748. The Morgan fingerprint density at radius 1 is 1.14 bits per heavy atom. The van der Waals surface area contributed by atoms with Gasteiger partial charge < -0.3 is 4.90 Å². The Balaban J connectivity index is 2.28. The Morgan fingerprint density at radius 2 is 1.71 bits per heavy atom. The highest BCUT2D eigenvalue weighted by atomic mass is 15.1. The van der Waals surface area contributed by atoms with Gasteiger partial charge in [-0.1, -0.05) is 26.7 Å². The summed E-state index contributed by atoms with van der Waals surface area (Å²) in [6, 6.07) is 0.748. The van der Waals surface area contributed by atoms with Crippen molar-refractivity contribution in [3.63, 3.8) is 0 Å². The fraction of sp³-hybridized carbons (Fsp3) is 1.00. The van der Waals surface area contributed by atoms with Crippen LogP contribution >= 0.6 is 0 Å². The van der Waals surface area contributed by atoms with Gasteiger partial charge in [-0.2, -0.15) is 0 Å². The molecule has 14 heavy (non-hydrogen) atoms. The zero-order valence-corrected chi connectivity index (χ0v) is 10.4. The zero-order chi connectivity index (χ0) is 10.6. The molecule has 0 N–H and O–H groups in total. The lowest BCUT2D eigenvalue weighted by molar-refractivity contribution is 0.122. The molecule has 1 saturated heterocycles. The van der Waals surface area contributed by atoms with Gasteiger partial charge in [0.1, 0.15) is 0 Å². The second-order valence-corrected chi connectivity index (χ2v) is 5.23. The van der Waals surface area contributed by atoms with E-state index in [9.17, 15) is 0 Å². The Bertz CT molecular complexity index is 145. The van der Waals surface area contributed by atoms with Gasteiger partial charge in [0.25, 0.3) is 0 Å². The van der Waals surface area contributed by atoms with Crippen LogP contribution in [-0.4, -0.2) is 24.0 Å². The Kier molecular flexibility index (Phi) is 4.94. The lowest BCUT2D eigenvalue weighted by Gasteiger charge is -2.37. The van der Waals surface area contributed by atoms with Gasteiger partial charge in [-0.3, -0.25) is 0 Å². The molecule has 0 amide bonds. The molecule has 1 nitrogen and oxygen atoms in total. The van der Waals surface area contributed by atoms with Crippen LogP contribution in [0.1, 0.15) is 53.4 Å². The quantitative estimate of drug-likeness (QED) is 0.666. The molecule has 1 atom stereocenters. The largest absolute Gasteiger partial charge is 0.301 e. The first kappa shape index (κ1) is 12.0. The second kappa shape index (κ2) is 5.75. The smallest absolute Gasteiger partial charge is 0.00385 e. The molecule has 1 heterocycles. The van der Waals surface area contributed by atoms with E-state index in [0.717, 1.165) is 17.9 Å². The number of hydrogen-bond acceptors (Lipinski definition) is 1. The van der Waals surface area contributed by atoms with E-state index in [0.29, 0.717) is 0 Å². The van der Waals surface area contributed by atoms with Crippen LogP contribution in [0.5, 0.6) is 0 Å². The van der Waals surface area contributed by atoms with Gasteiger partial charge in [0.15, 0.2) is 0 Å². The summed E-state index contributed by atoms with van der Waals surface area (Å²) in [6.45, 7) is 12.0. The molecule has 0 bridgehead atoms. The minimum atomic E-state index is 0.748. The van der Waals surface area contributed by atoms with Crippen LogP contribution in [0.25, 0.3) is 0 Å². The van der Waals surface area contributed by atoms with E-state index in [1.54, 1.807) is 0 Å². The van der Waals surface area contributed by atoms with Crippen molar-refractivity contribution < 1.29 is 0 Å². The van der Waals surface area contributed by atoms with Crippen molar-refractivity contribution in [2.75, 3.05) is 13.1 Å². The normalized spacial score (nSPS) is 22.9. The van der Waals surface area contributed by atoms with Crippen LogP contribution in [0.3, 0.4) is 0 Å². The molecule has 0 aromatic rings. The van der Waals surface area contributed by atoms with E-state index in [1.165, 1.54) is 38.8 Å². The molecule has 0 radical (unpaired) electrons. The Morgan fingerprint density at radius 3 is 2.14 bits per heavy atom. The summed E-state index contributed by atoms with van der Waals surface area (Å²) in [7, 11) is 0. The van der Waals surface area contributed by atoms with Crippen molar-refractivity contribution in [1.29, 1.82) is 0 Å². The highest BCUT2D eigenvalue weighted by molar-refractivity contribution is 4.77.